The van der Waals surface area contributed by atoms with Crippen LogP contribution in [0.2, 0.25) is 0 Å². The van der Waals surface area contributed by atoms with Crippen molar-refractivity contribution in [2.24, 2.45) is 0 Å². The first-order chi connectivity index (χ1) is 8.02. The van der Waals surface area contributed by atoms with E-state index in [4.69, 9.17) is 0 Å². The molecule has 0 radical (unpaired) electrons. The molecule has 98 valence electrons. The summed E-state index contributed by atoms with van der Waals surface area (Å²) < 4.78 is 2.10. The topological polar surface area (TPSA) is 33.1 Å². The first-order valence-corrected chi connectivity index (χ1v) is 6.38. The molecule has 0 spiro atoms. The molecule has 0 atom stereocenters. The molecule has 1 heterocycles. The van der Waals surface area contributed by atoms with E-state index in [2.05, 4.69) is 54.9 Å². The van der Waals surface area contributed by atoms with Crippen molar-refractivity contribution in [2.75, 3.05) is 33.7 Å². The summed E-state index contributed by atoms with van der Waals surface area (Å²) in [5.41, 5.74) is 3.75. The zero-order chi connectivity index (χ0) is 12.8. The molecule has 1 aromatic rings. The van der Waals surface area contributed by atoms with E-state index < -0.39 is 0 Å². The minimum Gasteiger partial charge on any atom is -0.315 e. The summed E-state index contributed by atoms with van der Waals surface area (Å²) in [7, 11) is 4.22. The van der Waals surface area contributed by atoms with Gasteiger partial charge in [-0.25, -0.2) is 0 Å². The average molecular weight is 238 g/mol. The lowest BCUT2D eigenvalue weighted by molar-refractivity contribution is 0.392. The molecule has 0 saturated carbocycles. The standard InChI is InChI=1S/C13H26N4/c1-11-12(2)15-17(13(11)3)10-8-14-7-6-9-16(4)5/h14H,6-10H2,1-5H3. The van der Waals surface area contributed by atoms with E-state index in [1.54, 1.807) is 0 Å². The van der Waals surface area contributed by atoms with Crippen LogP contribution in [-0.4, -0.2) is 48.4 Å². The highest BCUT2D eigenvalue weighted by Gasteiger charge is 2.05. The number of nitrogens with zero attached hydrogens (tertiary/aromatic N) is 3. The van der Waals surface area contributed by atoms with Gasteiger partial charge in [-0.05, 0) is 59.9 Å². The van der Waals surface area contributed by atoms with Gasteiger partial charge in [-0.3, -0.25) is 4.68 Å². The van der Waals surface area contributed by atoms with Gasteiger partial charge >= 0.3 is 0 Å². The van der Waals surface area contributed by atoms with E-state index in [1.807, 2.05) is 0 Å². The minimum absolute atomic E-state index is 0.961. The van der Waals surface area contributed by atoms with E-state index >= 15 is 0 Å². The van der Waals surface area contributed by atoms with Gasteiger partial charge < -0.3 is 10.2 Å². The monoisotopic (exact) mass is 238 g/mol. The lowest BCUT2D eigenvalue weighted by Crippen LogP contribution is -2.25. The van der Waals surface area contributed by atoms with Crippen LogP contribution in [0.3, 0.4) is 0 Å². The Morgan fingerprint density at radius 3 is 2.41 bits per heavy atom. The summed E-state index contributed by atoms with van der Waals surface area (Å²) >= 11 is 0. The van der Waals surface area contributed by atoms with E-state index in [-0.39, 0.29) is 0 Å². The Morgan fingerprint density at radius 2 is 1.88 bits per heavy atom. The van der Waals surface area contributed by atoms with Crippen LogP contribution in [0.5, 0.6) is 0 Å². The molecule has 4 heteroatoms. The number of rotatable bonds is 7. The molecular weight excluding hydrogens is 212 g/mol. The van der Waals surface area contributed by atoms with Crippen LogP contribution in [0.15, 0.2) is 0 Å². The van der Waals surface area contributed by atoms with E-state index in [1.165, 1.54) is 17.7 Å². The van der Waals surface area contributed by atoms with Crippen molar-refractivity contribution < 1.29 is 0 Å². The van der Waals surface area contributed by atoms with E-state index in [0.717, 1.165) is 31.9 Å². The second kappa shape index (κ2) is 6.77. The van der Waals surface area contributed by atoms with Gasteiger partial charge in [0.15, 0.2) is 0 Å². The zero-order valence-corrected chi connectivity index (χ0v) is 11.9. The maximum absolute atomic E-state index is 4.52. The summed E-state index contributed by atoms with van der Waals surface area (Å²) in [6.07, 6.45) is 1.20. The first-order valence-electron chi connectivity index (χ1n) is 6.38. The highest BCUT2D eigenvalue weighted by atomic mass is 15.3. The molecule has 0 unspecified atom stereocenters. The van der Waals surface area contributed by atoms with Crippen LogP contribution in [0.4, 0.5) is 0 Å². The minimum atomic E-state index is 0.961. The smallest absolute Gasteiger partial charge is 0.0625 e. The Labute approximate surface area is 105 Å². The first kappa shape index (κ1) is 14.2. The fourth-order valence-electron chi connectivity index (χ4n) is 1.83. The van der Waals surface area contributed by atoms with Crippen molar-refractivity contribution in [1.82, 2.24) is 20.0 Å². The molecule has 0 fully saturated rings. The molecule has 0 saturated heterocycles. The Bertz CT molecular complexity index is 341. The van der Waals surface area contributed by atoms with Gasteiger partial charge in [0.25, 0.3) is 0 Å². The third-order valence-corrected chi connectivity index (χ3v) is 3.20. The Kier molecular flexibility index (Phi) is 5.65. The predicted molar refractivity (Wildman–Crippen MR) is 72.5 cm³/mol. The summed E-state index contributed by atoms with van der Waals surface area (Å²) in [5, 5.41) is 7.98. The van der Waals surface area contributed by atoms with Gasteiger partial charge in [0.1, 0.15) is 0 Å². The molecule has 0 aliphatic carbocycles. The van der Waals surface area contributed by atoms with Gasteiger partial charge in [0.05, 0.1) is 12.2 Å². The van der Waals surface area contributed by atoms with Crippen LogP contribution in [0.1, 0.15) is 23.4 Å². The predicted octanol–water partition coefficient (Wildman–Crippen LogP) is 1.35. The average Bonchev–Trinajstić information content (AvgIpc) is 2.51. The van der Waals surface area contributed by atoms with Gasteiger partial charge in [0, 0.05) is 12.2 Å². The molecule has 0 aliphatic rings. The Hall–Kier alpha value is -0.870. The van der Waals surface area contributed by atoms with Gasteiger partial charge in [-0.2, -0.15) is 5.10 Å². The molecule has 17 heavy (non-hydrogen) atoms. The van der Waals surface area contributed by atoms with Crippen molar-refractivity contribution in [3.63, 3.8) is 0 Å². The quantitative estimate of drug-likeness (QED) is 0.728. The maximum Gasteiger partial charge on any atom is 0.0625 e. The second-order valence-corrected chi connectivity index (χ2v) is 4.93. The van der Waals surface area contributed by atoms with Crippen molar-refractivity contribution in [3.05, 3.63) is 17.0 Å². The lowest BCUT2D eigenvalue weighted by atomic mass is 10.2. The molecule has 0 aliphatic heterocycles. The zero-order valence-electron chi connectivity index (χ0n) is 11.9. The van der Waals surface area contributed by atoms with Crippen molar-refractivity contribution in [2.45, 2.75) is 33.7 Å². The van der Waals surface area contributed by atoms with Crippen LogP contribution in [0.25, 0.3) is 0 Å². The molecule has 1 aromatic heterocycles. The van der Waals surface area contributed by atoms with Crippen LogP contribution < -0.4 is 5.32 Å². The molecule has 1 rings (SSSR count). The summed E-state index contributed by atoms with van der Waals surface area (Å²) in [6, 6.07) is 0. The fourth-order valence-corrected chi connectivity index (χ4v) is 1.83. The third-order valence-electron chi connectivity index (χ3n) is 3.20. The molecule has 4 nitrogen and oxygen atoms in total. The highest BCUT2D eigenvalue weighted by molar-refractivity contribution is 5.22. The normalized spacial score (nSPS) is 11.4. The van der Waals surface area contributed by atoms with Gasteiger partial charge in [0.2, 0.25) is 0 Å². The van der Waals surface area contributed by atoms with Crippen LogP contribution >= 0.6 is 0 Å². The van der Waals surface area contributed by atoms with Gasteiger partial charge in [-0.15, -0.1) is 0 Å². The third kappa shape index (κ3) is 4.48. The van der Waals surface area contributed by atoms with Crippen molar-refractivity contribution >= 4 is 0 Å². The Balaban J connectivity index is 2.20. The molecular formula is C13H26N4. The van der Waals surface area contributed by atoms with Crippen molar-refractivity contribution in [3.8, 4) is 0 Å². The maximum atomic E-state index is 4.52. The largest absolute Gasteiger partial charge is 0.315 e. The fraction of sp³-hybridized carbons (Fsp3) is 0.769. The van der Waals surface area contributed by atoms with Gasteiger partial charge in [-0.1, -0.05) is 0 Å². The molecule has 0 aromatic carbocycles. The highest BCUT2D eigenvalue weighted by Crippen LogP contribution is 2.10. The summed E-state index contributed by atoms with van der Waals surface area (Å²) in [5.74, 6) is 0. The number of nitrogens with one attached hydrogen (secondary N) is 1. The van der Waals surface area contributed by atoms with Crippen LogP contribution in [0, 0.1) is 20.8 Å². The Morgan fingerprint density at radius 1 is 1.18 bits per heavy atom. The molecule has 1 N–H and O–H groups in total. The van der Waals surface area contributed by atoms with Crippen molar-refractivity contribution in [1.29, 1.82) is 0 Å². The molecule has 0 bridgehead atoms. The van der Waals surface area contributed by atoms with E-state index in [0.29, 0.717) is 0 Å². The second-order valence-electron chi connectivity index (χ2n) is 4.93. The van der Waals surface area contributed by atoms with Crippen LogP contribution in [-0.2, 0) is 6.54 Å². The lowest BCUT2D eigenvalue weighted by Gasteiger charge is -2.10. The number of hydrogen-bond donors (Lipinski definition) is 1. The number of aromatic nitrogens is 2. The van der Waals surface area contributed by atoms with E-state index in [9.17, 15) is 0 Å². The summed E-state index contributed by atoms with van der Waals surface area (Å²) in [6.45, 7) is 10.5. The number of hydrogen-bond acceptors (Lipinski definition) is 3. The number of aryl methyl sites for hydroxylation is 1. The molecule has 0 amide bonds. The summed E-state index contributed by atoms with van der Waals surface area (Å²) in [4.78, 5) is 2.21. The SMILES string of the molecule is Cc1nn(CCNCCCN(C)C)c(C)c1C.